The Kier molecular flexibility index (Phi) is 34.4. The van der Waals surface area contributed by atoms with Crippen molar-refractivity contribution in [1.29, 1.82) is 0 Å². The van der Waals surface area contributed by atoms with Gasteiger partial charge in [0.15, 0.2) is 0 Å². The number of allylic oxidation sites excluding steroid dienone is 1. The standard InChI is InChI=1S/C31H60O4.C3H6/c1-4-6-8-10-12-14-16-18-20-22-24-26-30(32)34-28-29(3)35-31(33)27-25-23-21-19-17-15-13-11-9-7-5-2;1-3-2/h29H,4-28H2,1-3H3;3H,1H2,2H3. The van der Waals surface area contributed by atoms with Crippen LogP contribution in [0.4, 0.5) is 0 Å². The van der Waals surface area contributed by atoms with Gasteiger partial charge in [-0.05, 0) is 26.7 Å². The van der Waals surface area contributed by atoms with Gasteiger partial charge in [-0.15, -0.1) is 6.58 Å². The minimum Gasteiger partial charge on any atom is -0.462 e. The van der Waals surface area contributed by atoms with E-state index in [1.54, 1.807) is 13.0 Å². The second kappa shape index (κ2) is 33.7. The van der Waals surface area contributed by atoms with Crippen LogP contribution in [0.2, 0.25) is 0 Å². The van der Waals surface area contributed by atoms with Crippen molar-refractivity contribution in [3.05, 3.63) is 12.7 Å². The fourth-order valence-electron chi connectivity index (χ4n) is 4.47. The van der Waals surface area contributed by atoms with Gasteiger partial charge < -0.3 is 9.47 Å². The smallest absolute Gasteiger partial charge is 0.306 e. The van der Waals surface area contributed by atoms with Crippen molar-refractivity contribution < 1.29 is 19.1 Å². The lowest BCUT2D eigenvalue weighted by Gasteiger charge is -2.13. The Hall–Kier alpha value is -1.32. The first-order valence-corrected chi connectivity index (χ1v) is 16.4. The van der Waals surface area contributed by atoms with Crippen LogP contribution >= 0.6 is 0 Å². The molecule has 0 aromatic heterocycles. The van der Waals surface area contributed by atoms with E-state index in [0.29, 0.717) is 12.8 Å². The van der Waals surface area contributed by atoms with Crippen molar-refractivity contribution in [2.75, 3.05) is 6.61 Å². The lowest BCUT2D eigenvalue weighted by atomic mass is 10.1. The molecule has 0 bridgehead atoms. The maximum Gasteiger partial charge on any atom is 0.306 e. The lowest BCUT2D eigenvalue weighted by Crippen LogP contribution is -2.22. The molecule has 0 rings (SSSR count). The third kappa shape index (κ3) is 34.7. The van der Waals surface area contributed by atoms with Crippen molar-refractivity contribution in [2.45, 2.75) is 188 Å². The molecule has 1 unspecified atom stereocenters. The van der Waals surface area contributed by atoms with E-state index in [4.69, 9.17) is 9.47 Å². The first kappa shape index (κ1) is 38.8. The van der Waals surface area contributed by atoms with Crippen LogP contribution in [-0.2, 0) is 19.1 Å². The topological polar surface area (TPSA) is 52.6 Å². The van der Waals surface area contributed by atoms with E-state index in [1.165, 1.54) is 116 Å². The second-order valence-corrected chi connectivity index (χ2v) is 11.0. The van der Waals surface area contributed by atoms with E-state index < -0.39 is 0 Å². The molecule has 1 atom stereocenters. The zero-order valence-electron chi connectivity index (χ0n) is 26.2. The van der Waals surface area contributed by atoms with E-state index in [9.17, 15) is 9.59 Å². The van der Waals surface area contributed by atoms with Crippen LogP contribution in [0, 0.1) is 0 Å². The van der Waals surface area contributed by atoms with Gasteiger partial charge in [-0.25, -0.2) is 0 Å². The summed E-state index contributed by atoms with van der Waals surface area (Å²) in [5.74, 6) is -0.343. The van der Waals surface area contributed by atoms with E-state index >= 15 is 0 Å². The maximum absolute atomic E-state index is 12.0. The zero-order chi connectivity index (χ0) is 28.5. The van der Waals surface area contributed by atoms with Gasteiger partial charge in [-0.2, -0.15) is 0 Å². The van der Waals surface area contributed by atoms with Gasteiger partial charge in [-0.1, -0.05) is 148 Å². The molecule has 0 aromatic carbocycles. The van der Waals surface area contributed by atoms with Crippen molar-refractivity contribution >= 4 is 11.9 Å². The molecule has 0 radical (unpaired) electrons. The molecule has 226 valence electrons. The molecule has 0 saturated heterocycles. The number of carbonyl (C=O) groups excluding carboxylic acids is 2. The van der Waals surface area contributed by atoms with Gasteiger partial charge in [0.05, 0.1) is 0 Å². The summed E-state index contributed by atoms with van der Waals surface area (Å²) in [6, 6.07) is 0. The summed E-state index contributed by atoms with van der Waals surface area (Å²) < 4.78 is 10.7. The highest BCUT2D eigenvalue weighted by atomic mass is 16.6. The largest absolute Gasteiger partial charge is 0.462 e. The number of ether oxygens (including phenoxy) is 2. The predicted molar refractivity (Wildman–Crippen MR) is 165 cm³/mol. The van der Waals surface area contributed by atoms with Crippen molar-refractivity contribution in [2.24, 2.45) is 0 Å². The number of unbranched alkanes of at least 4 members (excludes halogenated alkanes) is 20. The Balaban J connectivity index is 0. The summed E-state index contributed by atoms with van der Waals surface area (Å²) in [5, 5.41) is 0. The van der Waals surface area contributed by atoms with Gasteiger partial charge in [0.1, 0.15) is 12.7 Å². The molecule has 4 heteroatoms. The molecule has 38 heavy (non-hydrogen) atoms. The summed E-state index contributed by atoms with van der Waals surface area (Å²) in [6.45, 7) is 11.7. The van der Waals surface area contributed by atoms with Gasteiger partial charge in [0, 0.05) is 12.8 Å². The molecule has 4 nitrogen and oxygen atoms in total. The average Bonchev–Trinajstić information content (AvgIpc) is 2.89. The molecule has 0 spiro atoms. The molecule has 0 fully saturated rings. The SMILES string of the molecule is C=CC.CCCCCCCCCCCCCC(=O)OCC(C)OC(=O)CCCCCCCCCCCCC. The third-order valence-corrected chi connectivity index (χ3v) is 6.78. The second-order valence-electron chi connectivity index (χ2n) is 11.0. The van der Waals surface area contributed by atoms with Crippen molar-refractivity contribution in [1.82, 2.24) is 0 Å². The average molecular weight is 539 g/mol. The highest BCUT2D eigenvalue weighted by Gasteiger charge is 2.12. The van der Waals surface area contributed by atoms with Gasteiger partial charge in [0.2, 0.25) is 0 Å². The van der Waals surface area contributed by atoms with E-state index in [1.807, 2.05) is 6.92 Å². The molecule has 0 saturated carbocycles. The van der Waals surface area contributed by atoms with Crippen LogP contribution < -0.4 is 0 Å². The molecule has 0 aliphatic carbocycles. The van der Waals surface area contributed by atoms with Crippen LogP contribution in [0.25, 0.3) is 0 Å². The molecular formula is C34H66O4. The Bertz CT molecular complexity index is 503. The Morgan fingerprint density at radius 3 is 1.21 bits per heavy atom. The predicted octanol–water partition coefficient (Wildman–Crippen LogP) is 11.1. The molecule has 0 aliphatic heterocycles. The molecule has 0 N–H and O–H groups in total. The molecule has 0 aromatic rings. The molecular weight excluding hydrogens is 472 g/mol. The van der Waals surface area contributed by atoms with E-state index in [2.05, 4.69) is 20.4 Å². The Morgan fingerprint density at radius 2 is 0.868 bits per heavy atom. The highest BCUT2D eigenvalue weighted by molar-refractivity contribution is 5.70. The minimum atomic E-state index is -0.364. The van der Waals surface area contributed by atoms with E-state index in [-0.39, 0.29) is 24.6 Å². The van der Waals surface area contributed by atoms with Gasteiger partial charge in [-0.3, -0.25) is 9.59 Å². The zero-order valence-corrected chi connectivity index (χ0v) is 26.2. The molecule has 0 aliphatic rings. The van der Waals surface area contributed by atoms with Gasteiger partial charge in [0.25, 0.3) is 0 Å². The van der Waals surface area contributed by atoms with Crippen LogP contribution in [0.1, 0.15) is 182 Å². The fraction of sp³-hybridized carbons (Fsp3) is 0.882. The minimum absolute atomic E-state index is 0.168. The molecule has 0 heterocycles. The summed E-state index contributed by atoms with van der Waals surface area (Å²) >= 11 is 0. The number of hydrogen-bond donors (Lipinski definition) is 0. The number of hydrogen-bond acceptors (Lipinski definition) is 4. The Labute approximate surface area is 238 Å². The monoisotopic (exact) mass is 538 g/mol. The van der Waals surface area contributed by atoms with Crippen LogP contribution in [0.3, 0.4) is 0 Å². The summed E-state index contributed by atoms with van der Waals surface area (Å²) in [6.07, 6.45) is 30.2. The van der Waals surface area contributed by atoms with Crippen molar-refractivity contribution in [3.8, 4) is 0 Å². The summed E-state index contributed by atoms with van der Waals surface area (Å²) in [4.78, 5) is 23.9. The summed E-state index contributed by atoms with van der Waals surface area (Å²) in [7, 11) is 0. The number of rotatable bonds is 27. The van der Waals surface area contributed by atoms with E-state index in [0.717, 1.165) is 25.7 Å². The highest BCUT2D eigenvalue weighted by Crippen LogP contribution is 2.14. The lowest BCUT2D eigenvalue weighted by molar-refractivity contribution is -0.158. The summed E-state index contributed by atoms with van der Waals surface area (Å²) in [5.41, 5.74) is 0. The first-order chi connectivity index (χ1) is 18.5. The third-order valence-electron chi connectivity index (χ3n) is 6.78. The maximum atomic E-state index is 12.0. The Morgan fingerprint density at radius 1 is 0.579 bits per heavy atom. The molecule has 0 amide bonds. The normalized spacial score (nSPS) is 11.4. The number of carbonyl (C=O) groups is 2. The number of esters is 2. The van der Waals surface area contributed by atoms with Crippen LogP contribution in [0.15, 0.2) is 12.7 Å². The van der Waals surface area contributed by atoms with Gasteiger partial charge >= 0.3 is 11.9 Å². The first-order valence-electron chi connectivity index (χ1n) is 16.4. The van der Waals surface area contributed by atoms with Crippen LogP contribution in [-0.4, -0.2) is 24.6 Å². The van der Waals surface area contributed by atoms with Crippen LogP contribution in [0.5, 0.6) is 0 Å². The fourth-order valence-corrected chi connectivity index (χ4v) is 4.47. The van der Waals surface area contributed by atoms with Crippen molar-refractivity contribution in [3.63, 3.8) is 0 Å². The quantitative estimate of drug-likeness (QED) is 0.0593.